The predicted molar refractivity (Wildman–Crippen MR) is 64.8 cm³/mol. The molecule has 0 aliphatic heterocycles. The summed E-state index contributed by atoms with van der Waals surface area (Å²) in [4.78, 5) is 12.1. The normalized spacial score (nSPS) is 49.7. The first kappa shape index (κ1) is 12.4. The standard InChI is InChI=1S/C14H22O4/c1-11(2,3)10(15)18-14-6-9-4-12(16,8-14)7-13(14,17)5-9/h9,16-17H,4-8H2,1-3H3. The SMILES string of the molecule is CC(C)(C)C(=O)OC12CC3CC(O)(CC1(O)C3)C2. The molecule has 0 amide bonds. The van der Waals surface area contributed by atoms with Gasteiger partial charge in [-0.1, -0.05) is 0 Å². The molecule has 2 N–H and O–H groups in total. The van der Waals surface area contributed by atoms with Crippen molar-refractivity contribution in [1.82, 2.24) is 0 Å². The molecule has 4 atom stereocenters. The van der Waals surface area contributed by atoms with Crippen molar-refractivity contribution in [1.29, 1.82) is 0 Å². The lowest BCUT2D eigenvalue weighted by Crippen LogP contribution is -2.50. The van der Waals surface area contributed by atoms with Gasteiger partial charge in [-0.05, 0) is 46.0 Å². The smallest absolute Gasteiger partial charge is 0.311 e. The molecule has 4 bridgehead atoms. The van der Waals surface area contributed by atoms with Gasteiger partial charge < -0.3 is 14.9 Å². The van der Waals surface area contributed by atoms with E-state index in [1.165, 1.54) is 0 Å². The fraction of sp³-hybridized carbons (Fsp3) is 0.929. The predicted octanol–water partition coefficient (Wildman–Crippen LogP) is 1.38. The summed E-state index contributed by atoms with van der Waals surface area (Å²) < 4.78 is 5.71. The Labute approximate surface area is 107 Å². The van der Waals surface area contributed by atoms with E-state index in [1.54, 1.807) is 0 Å². The Morgan fingerprint density at radius 1 is 1.17 bits per heavy atom. The van der Waals surface area contributed by atoms with E-state index in [0.29, 0.717) is 25.7 Å². The minimum absolute atomic E-state index is 0.285. The average Bonchev–Trinajstić information content (AvgIpc) is 2.38. The van der Waals surface area contributed by atoms with E-state index in [2.05, 4.69) is 0 Å². The van der Waals surface area contributed by atoms with Crippen LogP contribution in [0.1, 0.15) is 52.9 Å². The van der Waals surface area contributed by atoms with Crippen LogP contribution < -0.4 is 0 Å². The summed E-state index contributed by atoms with van der Waals surface area (Å²) in [6, 6.07) is 0. The third-order valence-corrected chi connectivity index (χ3v) is 4.90. The highest BCUT2D eigenvalue weighted by Gasteiger charge is 2.73. The van der Waals surface area contributed by atoms with Crippen molar-refractivity contribution in [3.8, 4) is 0 Å². The highest BCUT2D eigenvalue weighted by molar-refractivity contribution is 5.76. The molecule has 0 spiro atoms. The Kier molecular flexibility index (Phi) is 2.14. The lowest BCUT2D eigenvalue weighted by Gasteiger charge is -2.38. The zero-order valence-electron chi connectivity index (χ0n) is 11.3. The lowest BCUT2D eigenvalue weighted by molar-refractivity contribution is -0.190. The highest BCUT2D eigenvalue weighted by Crippen LogP contribution is 2.65. The number of carbonyl (C=O) groups excluding carboxylic acids is 1. The zero-order chi connectivity index (χ0) is 13.4. The molecule has 4 saturated carbocycles. The maximum Gasteiger partial charge on any atom is 0.311 e. The van der Waals surface area contributed by atoms with Crippen LogP contribution in [0, 0.1) is 11.3 Å². The highest BCUT2D eigenvalue weighted by atomic mass is 16.6. The maximum absolute atomic E-state index is 12.1. The quantitative estimate of drug-likeness (QED) is 0.694. The van der Waals surface area contributed by atoms with Gasteiger partial charge in [0.15, 0.2) is 0 Å². The van der Waals surface area contributed by atoms with Crippen LogP contribution in [0.25, 0.3) is 0 Å². The van der Waals surface area contributed by atoms with Gasteiger partial charge in [-0.15, -0.1) is 0 Å². The summed E-state index contributed by atoms with van der Waals surface area (Å²) >= 11 is 0. The minimum atomic E-state index is -1.01. The van der Waals surface area contributed by atoms with Crippen molar-refractivity contribution in [2.24, 2.45) is 11.3 Å². The first-order valence-electron chi connectivity index (χ1n) is 6.76. The Bertz CT molecular complexity index is 413. The van der Waals surface area contributed by atoms with Crippen LogP contribution in [0.2, 0.25) is 0 Å². The van der Waals surface area contributed by atoms with Crippen LogP contribution >= 0.6 is 0 Å². The van der Waals surface area contributed by atoms with E-state index in [-0.39, 0.29) is 11.9 Å². The van der Waals surface area contributed by atoms with Gasteiger partial charge in [0.1, 0.15) is 11.2 Å². The van der Waals surface area contributed by atoms with Crippen molar-refractivity contribution in [3.05, 3.63) is 0 Å². The number of rotatable bonds is 1. The number of hydrogen-bond donors (Lipinski definition) is 2. The van der Waals surface area contributed by atoms with Crippen LogP contribution in [-0.4, -0.2) is 33.0 Å². The monoisotopic (exact) mass is 254 g/mol. The molecule has 18 heavy (non-hydrogen) atoms. The van der Waals surface area contributed by atoms with E-state index < -0.39 is 22.2 Å². The van der Waals surface area contributed by atoms with E-state index in [1.807, 2.05) is 20.8 Å². The molecule has 4 nitrogen and oxygen atoms in total. The molecular weight excluding hydrogens is 232 g/mol. The number of ether oxygens (including phenoxy) is 1. The Morgan fingerprint density at radius 3 is 2.39 bits per heavy atom. The van der Waals surface area contributed by atoms with Crippen LogP contribution in [0.4, 0.5) is 0 Å². The second kappa shape index (κ2) is 3.10. The van der Waals surface area contributed by atoms with Gasteiger partial charge in [-0.2, -0.15) is 0 Å². The van der Waals surface area contributed by atoms with Gasteiger partial charge in [0.05, 0.1) is 11.0 Å². The van der Waals surface area contributed by atoms with Crippen LogP contribution in [0.15, 0.2) is 0 Å². The summed E-state index contributed by atoms with van der Waals surface area (Å²) in [5.41, 5.74) is -3.25. The van der Waals surface area contributed by atoms with Gasteiger partial charge in [0, 0.05) is 12.8 Å². The molecule has 4 aliphatic carbocycles. The summed E-state index contributed by atoms with van der Waals surface area (Å²) in [6.45, 7) is 5.43. The molecule has 4 aliphatic rings. The zero-order valence-corrected chi connectivity index (χ0v) is 11.3. The Morgan fingerprint density at radius 2 is 1.83 bits per heavy atom. The van der Waals surface area contributed by atoms with Gasteiger partial charge in [0.25, 0.3) is 0 Å². The molecule has 4 rings (SSSR count). The van der Waals surface area contributed by atoms with E-state index in [0.717, 1.165) is 6.42 Å². The van der Waals surface area contributed by atoms with Crippen LogP contribution in [0.5, 0.6) is 0 Å². The molecule has 4 heteroatoms. The molecule has 0 aromatic heterocycles. The number of aliphatic hydroxyl groups is 2. The fourth-order valence-corrected chi connectivity index (χ4v) is 4.33. The molecular formula is C14H22O4. The number of esters is 1. The van der Waals surface area contributed by atoms with Crippen LogP contribution in [0.3, 0.4) is 0 Å². The fourth-order valence-electron chi connectivity index (χ4n) is 4.33. The Hall–Kier alpha value is -0.610. The molecule has 4 fully saturated rings. The van der Waals surface area contributed by atoms with E-state index in [9.17, 15) is 15.0 Å². The van der Waals surface area contributed by atoms with Gasteiger partial charge in [-0.25, -0.2) is 0 Å². The average molecular weight is 254 g/mol. The lowest BCUT2D eigenvalue weighted by atomic mass is 9.77. The first-order chi connectivity index (χ1) is 8.08. The molecule has 0 heterocycles. The molecule has 102 valence electrons. The summed E-state index contributed by atoms with van der Waals surface area (Å²) in [5.74, 6) is 0.00277. The third-order valence-electron chi connectivity index (χ3n) is 4.90. The first-order valence-corrected chi connectivity index (χ1v) is 6.76. The molecule has 0 radical (unpaired) electrons. The second-order valence-corrected chi connectivity index (χ2v) is 7.72. The van der Waals surface area contributed by atoms with Gasteiger partial charge in [0.2, 0.25) is 0 Å². The third kappa shape index (κ3) is 1.48. The van der Waals surface area contributed by atoms with E-state index >= 15 is 0 Å². The summed E-state index contributed by atoms with van der Waals surface area (Å²) in [6.07, 6.45) is 2.85. The molecule has 0 aromatic rings. The second-order valence-electron chi connectivity index (χ2n) is 7.72. The largest absolute Gasteiger partial charge is 0.455 e. The topological polar surface area (TPSA) is 66.8 Å². The van der Waals surface area contributed by atoms with Gasteiger partial charge in [-0.3, -0.25) is 4.79 Å². The van der Waals surface area contributed by atoms with Crippen LogP contribution in [-0.2, 0) is 9.53 Å². The van der Waals surface area contributed by atoms with Crippen molar-refractivity contribution in [2.45, 2.75) is 69.7 Å². The number of carbonyl (C=O) groups is 1. The maximum atomic E-state index is 12.1. The summed E-state index contributed by atoms with van der Waals surface area (Å²) in [5, 5.41) is 21.1. The van der Waals surface area contributed by atoms with Crippen molar-refractivity contribution in [2.75, 3.05) is 0 Å². The van der Waals surface area contributed by atoms with Crippen molar-refractivity contribution in [3.63, 3.8) is 0 Å². The summed E-state index contributed by atoms with van der Waals surface area (Å²) in [7, 11) is 0. The molecule has 4 unspecified atom stereocenters. The van der Waals surface area contributed by atoms with Crippen molar-refractivity contribution >= 4 is 5.97 Å². The minimum Gasteiger partial charge on any atom is -0.455 e. The Balaban J connectivity index is 1.90. The number of hydrogen-bond acceptors (Lipinski definition) is 4. The molecule has 0 saturated heterocycles. The molecule has 0 aromatic carbocycles. The van der Waals surface area contributed by atoms with Crippen molar-refractivity contribution < 1.29 is 19.7 Å². The van der Waals surface area contributed by atoms with Gasteiger partial charge >= 0.3 is 5.97 Å². The van der Waals surface area contributed by atoms with E-state index in [4.69, 9.17) is 4.74 Å².